The molecular weight excluding hydrogens is 360 g/mol. The van der Waals surface area contributed by atoms with E-state index < -0.39 is 18.0 Å². The van der Waals surface area contributed by atoms with Gasteiger partial charge < -0.3 is 24.4 Å². The molecule has 0 bridgehead atoms. The highest BCUT2D eigenvalue weighted by Crippen LogP contribution is 2.43. The number of fused-ring (bicyclic) bond motifs is 1. The van der Waals surface area contributed by atoms with Crippen LogP contribution in [0.15, 0.2) is 23.8 Å². The van der Waals surface area contributed by atoms with E-state index in [0.717, 1.165) is 18.4 Å². The van der Waals surface area contributed by atoms with Gasteiger partial charge in [0.05, 0.1) is 37.9 Å². The van der Waals surface area contributed by atoms with E-state index in [4.69, 9.17) is 14.2 Å². The van der Waals surface area contributed by atoms with Crippen LogP contribution in [0.1, 0.15) is 52.9 Å². The number of methoxy groups -OCH3 is 1. The fourth-order valence-corrected chi connectivity index (χ4v) is 5.06. The highest BCUT2D eigenvalue weighted by molar-refractivity contribution is 5.69. The molecule has 1 heterocycles. The van der Waals surface area contributed by atoms with Crippen molar-refractivity contribution in [1.29, 1.82) is 0 Å². The largest absolute Gasteiger partial charge is 0.469 e. The van der Waals surface area contributed by atoms with Crippen LogP contribution in [0.2, 0.25) is 0 Å². The third-order valence-corrected chi connectivity index (χ3v) is 6.27. The molecule has 0 spiro atoms. The number of ether oxygens (including phenoxy) is 3. The van der Waals surface area contributed by atoms with Crippen LogP contribution in [0.3, 0.4) is 0 Å². The van der Waals surface area contributed by atoms with Gasteiger partial charge in [-0.1, -0.05) is 25.2 Å². The SMILES string of the molecule is COC(=O)C[C@H]1C[C@@H](CC[C@@H]2[C@@H]3C(=C[C@@H](O)C[C@@H]3O)C=C[C@@H]2C)OC(C)(C)O1. The number of allylic oxidation sites excluding steroid dienone is 2. The molecule has 0 unspecified atom stereocenters. The summed E-state index contributed by atoms with van der Waals surface area (Å²) >= 11 is 0. The van der Waals surface area contributed by atoms with Crippen molar-refractivity contribution in [2.75, 3.05) is 7.11 Å². The number of carbonyl (C=O) groups is 1. The van der Waals surface area contributed by atoms with Crippen molar-refractivity contribution in [1.82, 2.24) is 0 Å². The van der Waals surface area contributed by atoms with E-state index in [1.165, 1.54) is 7.11 Å². The van der Waals surface area contributed by atoms with Gasteiger partial charge in [0, 0.05) is 18.8 Å². The van der Waals surface area contributed by atoms with Gasteiger partial charge >= 0.3 is 5.97 Å². The Balaban J connectivity index is 1.65. The minimum absolute atomic E-state index is 0.00438. The molecule has 0 aromatic rings. The summed E-state index contributed by atoms with van der Waals surface area (Å²) in [4.78, 5) is 11.7. The first kappa shape index (κ1) is 21.5. The Morgan fingerprint density at radius 2 is 1.93 bits per heavy atom. The van der Waals surface area contributed by atoms with E-state index in [1.807, 2.05) is 19.9 Å². The lowest BCUT2D eigenvalue weighted by molar-refractivity contribution is -0.301. The summed E-state index contributed by atoms with van der Waals surface area (Å²) in [5.41, 5.74) is 1.05. The van der Waals surface area contributed by atoms with E-state index in [9.17, 15) is 15.0 Å². The van der Waals surface area contributed by atoms with Crippen LogP contribution < -0.4 is 0 Å². The summed E-state index contributed by atoms with van der Waals surface area (Å²) in [6.07, 6.45) is 7.83. The van der Waals surface area contributed by atoms with Crippen molar-refractivity contribution in [2.45, 2.75) is 83.1 Å². The number of hydrogen-bond donors (Lipinski definition) is 2. The maximum atomic E-state index is 11.7. The number of hydrogen-bond acceptors (Lipinski definition) is 6. The van der Waals surface area contributed by atoms with Gasteiger partial charge in [0.2, 0.25) is 0 Å². The van der Waals surface area contributed by atoms with Gasteiger partial charge in [-0.15, -0.1) is 0 Å². The number of carbonyl (C=O) groups excluding carboxylic acids is 1. The molecular formula is C22H34O6. The average molecular weight is 395 g/mol. The molecule has 2 N–H and O–H groups in total. The summed E-state index contributed by atoms with van der Waals surface area (Å²) in [5, 5.41) is 20.6. The van der Waals surface area contributed by atoms with Crippen molar-refractivity contribution in [3.05, 3.63) is 23.8 Å². The minimum atomic E-state index is -0.737. The first-order valence-electron chi connectivity index (χ1n) is 10.4. The van der Waals surface area contributed by atoms with Crippen LogP contribution in [0.25, 0.3) is 0 Å². The molecule has 0 saturated carbocycles. The summed E-state index contributed by atoms with van der Waals surface area (Å²) < 4.78 is 16.8. The Labute approximate surface area is 167 Å². The van der Waals surface area contributed by atoms with Gasteiger partial charge in [-0.05, 0) is 44.1 Å². The molecule has 0 amide bonds. The summed E-state index contributed by atoms with van der Waals surface area (Å²) in [6, 6.07) is 0. The number of aliphatic hydroxyl groups is 2. The maximum Gasteiger partial charge on any atom is 0.308 e. The summed E-state index contributed by atoms with van der Waals surface area (Å²) in [7, 11) is 1.39. The molecule has 3 aliphatic rings. The second-order valence-electron chi connectivity index (χ2n) is 8.92. The molecule has 6 heteroatoms. The molecule has 3 rings (SSSR count). The fourth-order valence-electron chi connectivity index (χ4n) is 5.06. The van der Waals surface area contributed by atoms with Gasteiger partial charge in [0.25, 0.3) is 0 Å². The highest BCUT2D eigenvalue weighted by Gasteiger charge is 2.41. The lowest BCUT2D eigenvalue weighted by Gasteiger charge is -2.43. The maximum absolute atomic E-state index is 11.7. The summed E-state index contributed by atoms with van der Waals surface area (Å²) in [6.45, 7) is 5.94. The second-order valence-corrected chi connectivity index (χ2v) is 8.92. The first-order valence-corrected chi connectivity index (χ1v) is 10.4. The van der Waals surface area contributed by atoms with E-state index in [-0.39, 0.29) is 30.5 Å². The molecule has 6 nitrogen and oxygen atoms in total. The van der Waals surface area contributed by atoms with Crippen molar-refractivity contribution in [3.63, 3.8) is 0 Å². The van der Waals surface area contributed by atoms with Crippen molar-refractivity contribution >= 4 is 5.97 Å². The Kier molecular flexibility index (Phi) is 6.65. The van der Waals surface area contributed by atoms with Crippen LogP contribution in [0.5, 0.6) is 0 Å². The summed E-state index contributed by atoms with van der Waals surface area (Å²) in [5.74, 6) is -0.300. The quantitative estimate of drug-likeness (QED) is 0.698. The van der Waals surface area contributed by atoms with Crippen LogP contribution in [-0.2, 0) is 19.0 Å². The van der Waals surface area contributed by atoms with Gasteiger partial charge in [-0.25, -0.2) is 0 Å². The highest BCUT2D eigenvalue weighted by atomic mass is 16.7. The van der Waals surface area contributed by atoms with Gasteiger partial charge in [0.1, 0.15) is 0 Å². The van der Waals surface area contributed by atoms with Crippen molar-refractivity contribution in [3.8, 4) is 0 Å². The van der Waals surface area contributed by atoms with Crippen LogP contribution in [0, 0.1) is 17.8 Å². The zero-order valence-electron chi connectivity index (χ0n) is 17.3. The Bertz CT molecular complexity index is 625. The number of aliphatic hydroxyl groups excluding tert-OH is 2. The molecule has 0 radical (unpaired) electrons. The van der Waals surface area contributed by atoms with Gasteiger partial charge in [-0.2, -0.15) is 0 Å². The third-order valence-electron chi connectivity index (χ3n) is 6.27. The molecule has 1 fully saturated rings. The molecule has 1 saturated heterocycles. The Hall–Kier alpha value is -1.21. The minimum Gasteiger partial charge on any atom is -0.469 e. The zero-order valence-corrected chi connectivity index (χ0v) is 17.3. The van der Waals surface area contributed by atoms with Crippen LogP contribution >= 0.6 is 0 Å². The Morgan fingerprint density at radius 3 is 2.64 bits per heavy atom. The fraction of sp³-hybridized carbons (Fsp3) is 0.773. The average Bonchev–Trinajstić information content (AvgIpc) is 2.59. The Morgan fingerprint density at radius 1 is 1.21 bits per heavy atom. The number of esters is 1. The predicted octanol–water partition coefficient (Wildman–Crippen LogP) is 2.73. The van der Waals surface area contributed by atoms with E-state index in [0.29, 0.717) is 24.7 Å². The normalized spacial score (nSPS) is 39.8. The monoisotopic (exact) mass is 394 g/mol. The standard InChI is InChI=1S/C22H34O6/c1-13-5-6-14-9-15(23)10-19(24)21(14)18(13)8-7-16-11-17(12-20(25)26-4)28-22(2,3)27-16/h5-6,9,13,15-19,21,23-24H,7-8,10-12H2,1-4H3/t13-,15+,16+,17+,18-,19-,21-/m0/s1. The topological polar surface area (TPSA) is 85.2 Å². The smallest absolute Gasteiger partial charge is 0.308 e. The van der Waals surface area contributed by atoms with Crippen LogP contribution in [-0.4, -0.2) is 53.5 Å². The van der Waals surface area contributed by atoms with Gasteiger partial charge in [0.15, 0.2) is 5.79 Å². The van der Waals surface area contributed by atoms with Crippen molar-refractivity contribution in [2.24, 2.45) is 17.8 Å². The lowest BCUT2D eigenvalue weighted by Crippen LogP contribution is -2.46. The first-order chi connectivity index (χ1) is 13.2. The molecule has 2 aliphatic carbocycles. The van der Waals surface area contributed by atoms with Crippen molar-refractivity contribution < 1.29 is 29.2 Å². The molecule has 1 aliphatic heterocycles. The molecule has 7 atom stereocenters. The molecule has 158 valence electrons. The zero-order chi connectivity index (χ0) is 20.5. The van der Waals surface area contributed by atoms with Gasteiger partial charge in [-0.3, -0.25) is 4.79 Å². The third kappa shape index (κ3) is 5.03. The predicted molar refractivity (Wildman–Crippen MR) is 104 cm³/mol. The van der Waals surface area contributed by atoms with E-state index >= 15 is 0 Å². The van der Waals surface area contributed by atoms with E-state index in [1.54, 1.807) is 0 Å². The molecule has 0 aromatic heterocycles. The van der Waals surface area contributed by atoms with Crippen LogP contribution in [0.4, 0.5) is 0 Å². The van der Waals surface area contributed by atoms with E-state index in [2.05, 4.69) is 19.1 Å². The molecule has 0 aromatic carbocycles. The second kappa shape index (κ2) is 8.66. The molecule has 28 heavy (non-hydrogen) atoms. The lowest BCUT2D eigenvalue weighted by atomic mass is 9.66. The number of rotatable bonds is 5.